The maximum Gasteiger partial charge on any atom is 0.0598 e. The molecule has 0 unspecified atom stereocenters. The smallest absolute Gasteiger partial charge is 0.0598 e. The summed E-state index contributed by atoms with van der Waals surface area (Å²) in [6.07, 6.45) is 1.07. The molecule has 1 aromatic heterocycles. The molecule has 12 heavy (non-hydrogen) atoms. The second-order valence-corrected chi connectivity index (χ2v) is 5.86. The van der Waals surface area contributed by atoms with E-state index in [1.807, 2.05) is 11.8 Å². The van der Waals surface area contributed by atoms with Gasteiger partial charge in [0.15, 0.2) is 0 Å². The molecule has 0 bridgehead atoms. The highest BCUT2D eigenvalue weighted by Gasteiger charge is 2.09. The zero-order chi connectivity index (χ0) is 9.03. The van der Waals surface area contributed by atoms with Crippen LogP contribution in [0.3, 0.4) is 0 Å². The van der Waals surface area contributed by atoms with E-state index in [9.17, 15) is 0 Å². The fourth-order valence-corrected chi connectivity index (χ4v) is 2.90. The van der Waals surface area contributed by atoms with Crippen LogP contribution < -0.4 is 5.73 Å². The van der Waals surface area contributed by atoms with Gasteiger partial charge in [-0.2, -0.15) is 0 Å². The quantitative estimate of drug-likeness (QED) is 0.758. The summed E-state index contributed by atoms with van der Waals surface area (Å²) in [7, 11) is 0. The molecule has 68 valence electrons. The minimum atomic E-state index is -0.0236. The minimum Gasteiger partial charge on any atom is -0.326 e. The second-order valence-electron chi connectivity index (χ2n) is 3.52. The van der Waals surface area contributed by atoms with Crippen molar-refractivity contribution in [2.45, 2.75) is 30.0 Å². The van der Waals surface area contributed by atoms with Crippen LogP contribution in [0.5, 0.6) is 0 Å². The van der Waals surface area contributed by atoms with E-state index in [2.05, 4.69) is 31.4 Å². The van der Waals surface area contributed by atoms with Crippen molar-refractivity contribution in [3.63, 3.8) is 0 Å². The van der Waals surface area contributed by atoms with Gasteiger partial charge in [-0.15, -0.1) is 23.1 Å². The average molecular weight is 201 g/mol. The molecule has 0 fully saturated rings. The monoisotopic (exact) mass is 201 g/mol. The van der Waals surface area contributed by atoms with E-state index < -0.39 is 0 Å². The van der Waals surface area contributed by atoms with Crippen LogP contribution in [0.2, 0.25) is 0 Å². The fraction of sp³-hybridized carbons (Fsp3) is 0.556. The van der Waals surface area contributed by atoms with Crippen LogP contribution in [0.1, 0.15) is 20.3 Å². The number of thioether (sulfide) groups is 1. The number of hydrogen-bond donors (Lipinski definition) is 1. The Bertz CT molecular complexity index is 211. The summed E-state index contributed by atoms with van der Waals surface area (Å²) >= 11 is 3.69. The fourth-order valence-electron chi connectivity index (χ4n) is 0.760. The lowest BCUT2D eigenvalue weighted by atomic mass is 10.0. The van der Waals surface area contributed by atoms with Crippen molar-refractivity contribution >= 4 is 23.1 Å². The maximum atomic E-state index is 5.86. The Hall–Kier alpha value is 0.01000. The highest BCUT2D eigenvalue weighted by molar-refractivity contribution is 8.01. The molecule has 0 aromatic carbocycles. The maximum absolute atomic E-state index is 5.86. The topological polar surface area (TPSA) is 26.0 Å². The molecule has 0 aliphatic rings. The Morgan fingerprint density at radius 2 is 2.33 bits per heavy atom. The molecule has 0 aliphatic heterocycles. The lowest BCUT2D eigenvalue weighted by Crippen LogP contribution is -2.32. The van der Waals surface area contributed by atoms with Gasteiger partial charge in [-0.25, -0.2) is 0 Å². The Labute approximate surface area is 82.4 Å². The molecule has 0 saturated carbocycles. The summed E-state index contributed by atoms with van der Waals surface area (Å²) < 4.78 is 1.39. The molecule has 3 heteroatoms. The number of rotatable bonds is 4. The van der Waals surface area contributed by atoms with Gasteiger partial charge in [-0.3, -0.25) is 0 Å². The molecule has 0 aliphatic carbocycles. The Morgan fingerprint density at radius 1 is 1.58 bits per heavy atom. The number of thiophene rings is 1. The highest BCUT2D eigenvalue weighted by Crippen LogP contribution is 2.25. The summed E-state index contributed by atoms with van der Waals surface area (Å²) in [4.78, 5) is 0. The lowest BCUT2D eigenvalue weighted by Gasteiger charge is -2.17. The van der Waals surface area contributed by atoms with E-state index >= 15 is 0 Å². The van der Waals surface area contributed by atoms with Gasteiger partial charge in [0.2, 0.25) is 0 Å². The van der Waals surface area contributed by atoms with E-state index in [1.165, 1.54) is 4.21 Å². The summed E-state index contributed by atoms with van der Waals surface area (Å²) in [5.41, 5.74) is 5.84. The van der Waals surface area contributed by atoms with Crippen molar-refractivity contribution in [1.82, 2.24) is 0 Å². The zero-order valence-electron chi connectivity index (χ0n) is 7.54. The molecule has 1 heterocycles. The van der Waals surface area contributed by atoms with Crippen LogP contribution >= 0.6 is 23.1 Å². The van der Waals surface area contributed by atoms with Crippen molar-refractivity contribution in [2.75, 3.05) is 5.75 Å². The average Bonchev–Trinajstić information content (AvgIpc) is 2.36. The minimum absolute atomic E-state index is 0.0236. The van der Waals surface area contributed by atoms with Gasteiger partial charge >= 0.3 is 0 Å². The Kier molecular flexibility index (Phi) is 3.62. The zero-order valence-corrected chi connectivity index (χ0v) is 9.17. The third-order valence-electron chi connectivity index (χ3n) is 1.49. The van der Waals surface area contributed by atoms with Crippen LogP contribution in [0.4, 0.5) is 0 Å². The first kappa shape index (κ1) is 10.1. The van der Waals surface area contributed by atoms with Crippen molar-refractivity contribution in [3.05, 3.63) is 17.5 Å². The van der Waals surface area contributed by atoms with Crippen LogP contribution in [0, 0.1) is 0 Å². The first-order valence-electron chi connectivity index (χ1n) is 4.03. The predicted molar refractivity (Wildman–Crippen MR) is 57.9 cm³/mol. The molecular formula is C9H15NS2. The SMILES string of the molecule is CC(C)(N)CCSc1cccs1. The van der Waals surface area contributed by atoms with Crippen molar-refractivity contribution in [2.24, 2.45) is 5.73 Å². The molecule has 0 spiro atoms. The van der Waals surface area contributed by atoms with Crippen LogP contribution in [-0.2, 0) is 0 Å². The van der Waals surface area contributed by atoms with E-state index in [0.717, 1.165) is 12.2 Å². The normalized spacial score (nSPS) is 11.9. The molecule has 0 saturated heterocycles. The molecule has 0 amide bonds. The third-order valence-corrected chi connectivity index (χ3v) is 3.62. The Balaban J connectivity index is 2.20. The van der Waals surface area contributed by atoms with E-state index in [-0.39, 0.29) is 5.54 Å². The lowest BCUT2D eigenvalue weighted by molar-refractivity contribution is 0.506. The van der Waals surface area contributed by atoms with E-state index in [1.54, 1.807) is 11.3 Å². The van der Waals surface area contributed by atoms with Gasteiger partial charge < -0.3 is 5.73 Å². The van der Waals surface area contributed by atoms with Gasteiger partial charge in [0.25, 0.3) is 0 Å². The first-order chi connectivity index (χ1) is 5.58. The molecule has 1 nitrogen and oxygen atoms in total. The molecule has 0 radical (unpaired) electrons. The summed E-state index contributed by atoms with van der Waals surface area (Å²) in [6, 6.07) is 4.24. The van der Waals surface area contributed by atoms with Crippen LogP contribution in [0.25, 0.3) is 0 Å². The van der Waals surface area contributed by atoms with E-state index in [0.29, 0.717) is 0 Å². The summed E-state index contributed by atoms with van der Waals surface area (Å²) in [6.45, 7) is 4.14. The van der Waals surface area contributed by atoms with Crippen molar-refractivity contribution < 1.29 is 0 Å². The number of hydrogen-bond acceptors (Lipinski definition) is 3. The standard InChI is InChI=1S/C9H15NS2/c1-9(2,10)5-7-12-8-4-3-6-11-8/h3-4,6H,5,7,10H2,1-2H3. The van der Waals surface area contributed by atoms with Crippen molar-refractivity contribution in [3.8, 4) is 0 Å². The largest absolute Gasteiger partial charge is 0.326 e. The summed E-state index contributed by atoms with van der Waals surface area (Å²) in [5.74, 6) is 1.12. The number of nitrogens with two attached hydrogens (primary N) is 1. The van der Waals surface area contributed by atoms with Gasteiger partial charge in [-0.05, 0) is 31.7 Å². The van der Waals surface area contributed by atoms with Gasteiger partial charge in [0.1, 0.15) is 0 Å². The Morgan fingerprint density at radius 3 is 2.83 bits per heavy atom. The first-order valence-corrected chi connectivity index (χ1v) is 5.90. The third kappa shape index (κ3) is 4.14. The molecule has 0 atom stereocenters. The highest BCUT2D eigenvalue weighted by atomic mass is 32.2. The van der Waals surface area contributed by atoms with Crippen LogP contribution in [0.15, 0.2) is 21.7 Å². The van der Waals surface area contributed by atoms with E-state index in [4.69, 9.17) is 5.73 Å². The van der Waals surface area contributed by atoms with Gasteiger partial charge in [0.05, 0.1) is 4.21 Å². The summed E-state index contributed by atoms with van der Waals surface area (Å²) in [5, 5.41) is 2.11. The molecule has 2 N–H and O–H groups in total. The van der Waals surface area contributed by atoms with Crippen molar-refractivity contribution in [1.29, 1.82) is 0 Å². The molecular weight excluding hydrogens is 186 g/mol. The predicted octanol–water partition coefficient (Wildman–Crippen LogP) is 2.97. The second kappa shape index (κ2) is 4.30. The van der Waals surface area contributed by atoms with Crippen LogP contribution in [-0.4, -0.2) is 11.3 Å². The van der Waals surface area contributed by atoms with Gasteiger partial charge in [-0.1, -0.05) is 6.07 Å². The molecule has 1 rings (SSSR count). The van der Waals surface area contributed by atoms with Gasteiger partial charge in [0, 0.05) is 11.3 Å². The molecule has 1 aromatic rings.